The zero-order valence-electron chi connectivity index (χ0n) is 15.8. The first-order valence-corrected chi connectivity index (χ1v) is 9.26. The predicted molar refractivity (Wildman–Crippen MR) is 113 cm³/mol. The number of likely N-dealkylation sites (tertiary alicyclic amines) is 2. The molecule has 0 radical (unpaired) electrons. The molecule has 0 unspecified atom stereocenters. The van der Waals surface area contributed by atoms with Crippen LogP contribution in [0.1, 0.15) is 24.8 Å². The molecule has 2 saturated heterocycles. The van der Waals surface area contributed by atoms with E-state index in [-0.39, 0.29) is 30.6 Å². The highest BCUT2D eigenvalue weighted by Gasteiger charge is 2.38. The standard InChI is InChI=1S/C20H28FN3O.2ClH/c1-22-11-14-24-19-10-13-23(15-17(19)6-9-20(24)25)12-2-3-16-4-7-18(21)8-5-16;;/h2-5,7-8,17,19,22H,6,9-15H2,1H3;2*1H/t17-,19+;;/m0../s1. The zero-order chi connectivity index (χ0) is 17.6. The van der Waals surface area contributed by atoms with Crippen LogP contribution in [0.15, 0.2) is 30.3 Å². The Morgan fingerprint density at radius 1 is 1.22 bits per heavy atom. The largest absolute Gasteiger partial charge is 0.338 e. The van der Waals surface area contributed by atoms with Gasteiger partial charge in [0, 0.05) is 45.2 Å². The molecule has 0 aromatic heterocycles. The molecule has 1 aromatic carbocycles. The van der Waals surface area contributed by atoms with Gasteiger partial charge in [-0.1, -0.05) is 24.3 Å². The number of halogens is 3. The quantitative estimate of drug-likeness (QED) is 0.771. The van der Waals surface area contributed by atoms with Gasteiger partial charge in [0.2, 0.25) is 5.91 Å². The van der Waals surface area contributed by atoms with E-state index in [2.05, 4.69) is 27.3 Å². The molecule has 7 heteroatoms. The normalized spacial score (nSPS) is 22.9. The number of hydrogen-bond donors (Lipinski definition) is 1. The average molecular weight is 418 g/mol. The van der Waals surface area contributed by atoms with Gasteiger partial charge in [-0.2, -0.15) is 0 Å². The van der Waals surface area contributed by atoms with E-state index < -0.39 is 0 Å². The van der Waals surface area contributed by atoms with Gasteiger partial charge in [-0.25, -0.2) is 4.39 Å². The third-order valence-corrected chi connectivity index (χ3v) is 5.37. The summed E-state index contributed by atoms with van der Waals surface area (Å²) in [4.78, 5) is 16.8. The highest BCUT2D eigenvalue weighted by atomic mass is 35.5. The molecule has 0 saturated carbocycles. The molecule has 2 aliphatic heterocycles. The van der Waals surface area contributed by atoms with Crippen LogP contribution < -0.4 is 5.32 Å². The second-order valence-electron chi connectivity index (χ2n) is 7.06. The molecular formula is C20H30Cl2FN3O. The van der Waals surface area contributed by atoms with Gasteiger partial charge in [0.25, 0.3) is 0 Å². The summed E-state index contributed by atoms with van der Waals surface area (Å²) in [5.74, 6) is 0.706. The Balaban J connectivity index is 0.00000182. The molecule has 27 heavy (non-hydrogen) atoms. The van der Waals surface area contributed by atoms with Crippen LogP contribution in [0.3, 0.4) is 0 Å². The lowest BCUT2D eigenvalue weighted by Crippen LogP contribution is -2.57. The van der Waals surface area contributed by atoms with Gasteiger partial charge >= 0.3 is 0 Å². The first kappa shape index (κ1) is 23.9. The number of amides is 1. The van der Waals surface area contributed by atoms with Gasteiger partial charge in [0.15, 0.2) is 0 Å². The van der Waals surface area contributed by atoms with Gasteiger partial charge < -0.3 is 10.2 Å². The van der Waals surface area contributed by atoms with Crippen molar-refractivity contribution in [3.05, 3.63) is 41.7 Å². The Morgan fingerprint density at radius 2 is 1.96 bits per heavy atom. The van der Waals surface area contributed by atoms with Crippen molar-refractivity contribution in [3.63, 3.8) is 0 Å². The number of nitrogens with zero attached hydrogens (tertiary/aromatic N) is 2. The molecule has 2 fully saturated rings. The maximum atomic E-state index is 12.9. The van der Waals surface area contributed by atoms with Gasteiger partial charge in [0.05, 0.1) is 0 Å². The minimum atomic E-state index is -0.200. The number of likely N-dealkylation sites (N-methyl/N-ethyl adjacent to an activating group) is 1. The van der Waals surface area contributed by atoms with Crippen LogP contribution in [-0.2, 0) is 4.79 Å². The molecule has 0 aliphatic carbocycles. The molecule has 4 nitrogen and oxygen atoms in total. The number of nitrogens with one attached hydrogen (secondary N) is 1. The maximum Gasteiger partial charge on any atom is 0.222 e. The SMILES string of the molecule is CNCCN1C(=O)CC[C@H]2CN(CC=Cc3ccc(F)cc3)CC[C@H]21.Cl.Cl. The smallest absolute Gasteiger partial charge is 0.222 e. The molecule has 1 aromatic rings. The van der Waals surface area contributed by atoms with Crippen molar-refractivity contribution >= 4 is 36.8 Å². The summed E-state index contributed by atoms with van der Waals surface area (Å²) in [6, 6.07) is 6.98. The number of carbonyl (C=O) groups excluding carboxylic acids is 1. The van der Waals surface area contributed by atoms with E-state index >= 15 is 0 Å². The summed E-state index contributed by atoms with van der Waals surface area (Å²) in [7, 11) is 1.93. The minimum absolute atomic E-state index is 0. The zero-order valence-corrected chi connectivity index (χ0v) is 17.4. The molecule has 152 valence electrons. The Hall–Kier alpha value is -1.14. The van der Waals surface area contributed by atoms with E-state index in [1.165, 1.54) is 12.1 Å². The van der Waals surface area contributed by atoms with Crippen molar-refractivity contribution in [2.24, 2.45) is 5.92 Å². The van der Waals surface area contributed by atoms with Crippen LogP contribution in [0, 0.1) is 11.7 Å². The summed E-state index contributed by atoms with van der Waals surface area (Å²) in [5, 5.41) is 3.15. The summed E-state index contributed by atoms with van der Waals surface area (Å²) in [6.45, 7) is 4.67. The molecule has 2 heterocycles. The van der Waals surface area contributed by atoms with E-state index in [1.807, 2.05) is 7.05 Å². The van der Waals surface area contributed by atoms with Crippen LogP contribution >= 0.6 is 24.8 Å². The minimum Gasteiger partial charge on any atom is -0.338 e. The molecule has 1 amide bonds. The lowest BCUT2D eigenvalue weighted by Gasteiger charge is -2.47. The second-order valence-corrected chi connectivity index (χ2v) is 7.06. The molecule has 2 atom stereocenters. The van der Waals surface area contributed by atoms with E-state index in [0.29, 0.717) is 24.3 Å². The van der Waals surface area contributed by atoms with Gasteiger partial charge in [-0.3, -0.25) is 9.69 Å². The second kappa shape index (κ2) is 11.6. The molecule has 0 spiro atoms. The lowest BCUT2D eigenvalue weighted by atomic mass is 9.83. The molecule has 3 rings (SSSR count). The number of benzene rings is 1. The molecule has 0 bridgehead atoms. The van der Waals surface area contributed by atoms with Crippen LogP contribution in [0.5, 0.6) is 0 Å². The van der Waals surface area contributed by atoms with Crippen LogP contribution in [-0.4, -0.2) is 61.5 Å². The Kier molecular flexibility index (Phi) is 10.3. The van der Waals surface area contributed by atoms with Crippen molar-refractivity contribution in [3.8, 4) is 0 Å². The first-order valence-electron chi connectivity index (χ1n) is 9.26. The fraction of sp³-hybridized carbons (Fsp3) is 0.550. The topological polar surface area (TPSA) is 35.6 Å². The predicted octanol–water partition coefficient (Wildman–Crippen LogP) is 3.21. The molecular weight excluding hydrogens is 388 g/mol. The molecule has 2 aliphatic rings. The fourth-order valence-corrected chi connectivity index (χ4v) is 4.03. The van der Waals surface area contributed by atoms with E-state index in [1.54, 1.807) is 12.1 Å². The summed E-state index contributed by atoms with van der Waals surface area (Å²) in [5.41, 5.74) is 1.03. The number of piperidine rings is 2. The number of carbonyl (C=O) groups is 1. The van der Waals surface area contributed by atoms with Crippen LogP contribution in [0.4, 0.5) is 4.39 Å². The van der Waals surface area contributed by atoms with Gasteiger partial charge in [0.1, 0.15) is 5.82 Å². The number of fused-ring (bicyclic) bond motifs is 1. The summed E-state index contributed by atoms with van der Waals surface area (Å²) >= 11 is 0. The lowest BCUT2D eigenvalue weighted by molar-refractivity contribution is -0.140. The summed E-state index contributed by atoms with van der Waals surface area (Å²) in [6.07, 6.45) is 6.96. The third kappa shape index (κ3) is 6.46. The van der Waals surface area contributed by atoms with E-state index in [9.17, 15) is 9.18 Å². The fourth-order valence-electron chi connectivity index (χ4n) is 4.03. The highest BCUT2D eigenvalue weighted by molar-refractivity contribution is 5.85. The van der Waals surface area contributed by atoms with Gasteiger partial charge in [-0.15, -0.1) is 24.8 Å². The van der Waals surface area contributed by atoms with E-state index in [4.69, 9.17) is 0 Å². The number of rotatable bonds is 6. The van der Waals surface area contributed by atoms with Crippen molar-refractivity contribution in [2.45, 2.75) is 25.3 Å². The maximum absolute atomic E-state index is 12.9. The Labute approximate surface area is 174 Å². The van der Waals surface area contributed by atoms with Crippen molar-refractivity contribution in [2.75, 3.05) is 39.8 Å². The average Bonchev–Trinajstić information content (AvgIpc) is 2.63. The van der Waals surface area contributed by atoms with E-state index in [0.717, 1.165) is 51.1 Å². The van der Waals surface area contributed by atoms with Crippen molar-refractivity contribution in [1.82, 2.24) is 15.1 Å². The molecule has 1 N–H and O–H groups in total. The highest BCUT2D eigenvalue weighted by Crippen LogP contribution is 2.31. The summed E-state index contributed by atoms with van der Waals surface area (Å²) < 4.78 is 12.9. The van der Waals surface area contributed by atoms with Crippen LogP contribution in [0.2, 0.25) is 0 Å². The Morgan fingerprint density at radius 3 is 2.67 bits per heavy atom. The van der Waals surface area contributed by atoms with Crippen LogP contribution in [0.25, 0.3) is 6.08 Å². The third-order valence-electron chi connectivity index (χ3n) is 5.37. The van der Waals surface area contributed by atoms with Crippen molar-refractivity contribution < 1.29 is 9.18 Å². The number of hydrogen-bond acceptors (Lipinski definition) is 3. The van der Waals surface area contributed by atoms with Crippen molar-refractivity contribution in [1.29, 1.82) is 0 Å². The first-order chi connectivity index (χ1) is 12.2. The Bertz CT molecular complexity index is 612. The van der Waals surface area contributed by atoms with Gasteiger partial charge in [-0.05, 0) is 43.5 Å². The monoisotopic (exact) mass is 417 g/mol.